The second-order valence-electron chi connectivity index (χ2n) is 4.57. The third-order valence-electron chi connectivity index (χ3n) is 3.27. The maximum atomic E-state index is 12.2. The molecule has 6 nitrogen and oxygen atoms in total. The molecule has 2 aliphatic rings. The van der Waals surface area contributed by atoms with E-state index in [1.807, 2.05) is 6.07 Å². The van der Waals surface area contributed by atoms with E-state index in [1.165, 1.54) is 0 Å². The Bertz CT molecular complexity index is 382. The minimum absolute atomic E-state index is 0.157. The molecule has 92 valence electrons. The Morgan fingerprint density at radius 2 is 2.18 bits per heavy atom. The van der Waals surface area contributed by atoms with Crippen molar-refractivity contribution < 1.29 is 14.3 Å². The van der Waals surface area contributed by atoms with Crippen molar-refractivity contribution in [1.82, 2.24) is 10.2 Å². The molecular weight excluding hydrogens is 222 g/mol. The van der Waals surface area contributed by atoms with E-state index in [0.29, 0.717) is 26.1 Å². The zero-order valence-corrected chi connectivity index (χ0v) is 9.73. The topological polar surface area (TPSA) is 82.4 Å². The SMILES string of the molecule is CC(C#N)CN1C(=O)NC2(CCOCC2)C1=O. The van der Waals surface area contributed by atoms with Crippen molar-refractivity contribution >= 4 is 11.9 Å². The second kappa shape index (κ2) is 4.34. The van der Waals surface area contributed by atoms with Gasteiger partial charge in [0.2, 0.25) is 0 Å². The summed E-state index contributed by atoms with van der Waals surface area (Å²) in [6.45, 7) is 2.81. The molecule has 0 aromatic heterocycles. The largest absolute Gasteiger partial charge is 0.381 e. The number of urea groups is 1. The van der Waals surface area contributed by atoms with Gasteiger partial charge in [0.15, 0.2) is 0 Å². The Kier molecular flexibility index (Phi) is 3.03. The fraction of sp³-hybridized carbons (Fsp3) is 0.727. The second-order valence-corrected chi connectivity index (χ2v) is 4.57. The van der Waals surface area contributed by atoms with Crippen LogP contribution in [0.15, 0.2) is 0 Å². The van der Waals surface area contributed by atoms with Gasteiger partial charge >= 0.3 is 6.03 Å². The third kappa shape index (κ3) is 1.98. The number of amides is 3. The van der Waals surface area contributed by atoms with Crippen molar-refractivity contribution in [3.05, 3.63) is 0 Å². The van der Waals surface area contributed by atoms with Gasteiger partial charge in [-0.05, 0) is 6.92 Å². The number of ether oxygens (including phenoxy) is 1. The van der Waals surface area contributed by atoms with Crippen molar-refractivity contribution in [2.24, 2.45) is 5.92 Å². The lowest BCUT2D eigenvalue weighted by molar-refractivity contribution is -0.134. The van der Waals surface area contributed by atoms with E-state index in [2.05, 4.69) is 5.32 Å². The van der Waals surface area contributed by atoms with E-state index in [-0.39, 0.29) is 24.4 Å². The molecule has 2 aliphatic heterocycles. The summed E-state index contributed by atoms with van der Waals surface area (Å²) in [5.74, 6) is -0.562. The highest BCUT2D eigenvalue weighted by Gasteiger charge is 2.51. The molecule has 2 rings (SSSR count). The predicted octanol–water partition coefficient (Wildman–Crippen LogP) is 0.247. The van der Waals surface area contributed by atoms with Gasteiger partial charge in [0.05, 0.1) is 12.0 Å². The first-order valence-electron chi connectivity index (χ1n) is 5.70. The Morgan fingerprint density at radius 3 is 2.76 bits per heavy atom. The van der Waals surface area contributed by atoms with Gasteiger partial charge in [-0.15, -0.1) is 0 Å². The standard InChI is InChI=1S/C11H15N3O3/c1-8(6-12)7-14-9(15)11(13-10(14)16)2-4-17-5-3-11/h8H,2-5,7H2,1H3,(H,13,16). The summed E-state index contributed by atoms with van der Waals surface area (Å²) in [5, 5.41) is 11.5. The first-order valence-corrected chi connectivity index (χ1v) is 5.70. The van der Waals surface area contributed by atoms with Gasteiger partial charge in [0.1, 0.15) is 5.54 Å². The van der Waals surface area contributed by atoms with Crippen LogP contribution in [0, 0.1) is 17.2 Å². The third-order valence-corrected chi connectivity index (χ3v) is 3.27. The van der Waals surface area contributed by atoms with E-state index < -0.39 is 5.54 Å². The van der Waals surface area contributed by atoms with Crippen LogP contribution in [0.2, 0.25) is 0 Å². The Morgan fingerprint density at radius 1 is 1.53 bits per heavy atom. The molecule has 17 heavy (non-hydrogen) atoms. The summed E-state index contributed by atoms with van der Waals surface area (Å²) in [4.78, 5) is 25.1. The van der Waals surface area contributed by atoms with Crippen LogP contribution in [0.5, 0.6) is 0 Å². The van der Waals surface area contributed by atoms with E-state index in [9.17, 15) is 9.59 Å². The highest BCUT2D eigenvalue weighted by molar-refractivity contribution is 6.07. The minimum Gasteiger partial charge on any atom is -0.381 e. The summed E-state index contributed by atoms with van der Waals surface area (Å²) in [7, 11) is 0. The minimum atomic E-state index is -0.787. The maximum Gasteiger partial charge on any atom is 0.325 e. The first kappa shape index (κ1) is 11.9. The van der Waals surface area contributed by atoms with Crippen LogP contribution in [-0.2, 0) is 9.53 Å². The van der Waals surface area contributed by atoms with Crippen molar-refractivity contribution in [3.8, 4) is 6.07 Å². The molecule has 1 atom stereocenters. The quantitative estimate of drug-likeness (QED) is 0.698. The number of nitrogens with zero attached hydrogens (tertiary/aromatic N) is 2. The van der Waals surface area contributed by atoms with Gasteiger partial charge < -0.3 is 10.1 Å². The monoisotopic (exact) mass is 237 g/mol. The normalized spacial score (nSPS) is 24.6. The summed E-state index contributed by atoms with van der Waals surface area (Å²) >= 11 is 0. The maximum absolute atomic E-state index is 12.2. The van der Waals surface area contributed by atoms with Gasteiger partial charge in [0, 0.05) is 32.6 Å². The van der Waals surface area contributed by atoms with Gasteiger partial charge in [-0.25, -0.2) is 4.79 Å². The summed E-state index contributed by atoms with van der Waals surface area (Å²) < 4.78 is 5.20. The van der Waals surface area contributed by atoms with Gasteiger partial charge in [-0.3, -0.25) is 9.69 Å². The Hall–Kier alpha value is -1.61. The molecule has 2 fully saturated rings. The number of rotatable bonds is 2. The van der Waals surface area contributed by atoms with Crippen molar-refractivity contribution in [1.29, 1.82) is 5.26 Å². The summed E-state index contributed by atoms with van der Waals surface area (Å²) in [5.41, 5.74) is -0.787. The molecule has 1 unspecified atom stereocenters. The molecule has 0 bridgehead atoms. The van der Waals surface area contributed by atoms with Gasteiger partial charge in [0.25, 0.3) is 5.91 Å². The fourth-order valence-corrected chi connectivity index (χ4v) is 2.22. The van der Waals surface area contributed by atoms with Crippen molar-refractivity contribution in [3.63, 3.8) is 0 Å². The smallest absolute Gasteiger partial charge is 0.325 e. The number of hydrogen-bond donors (Lipinski definition) is 1. The van der Waals surface area contributed by atoms with Crippen molar-refractivity contribution in [2.45, 2.75) is 25.3 Å². The van der Waals surface area contributed by atoms with E-state index in [0.717, 1.165) is 4.90 Å². The number of carbonyl (C=O) groups excluding carboxylic acids is 2. The highest BCUT2D eigenvalue weighted by atomic mass is 16.5. The van der Waals surface area contributed by atoms with E-state index in [4.69, 9.17) is 10.00 Å². The molecule has 0 radical (unpaired) electrons. The lowest BCUT2D eigenvalue weighted by Gasteiger charge is -2.30. The summed E-state index contributed by atoms with van der Waals surface area (Å²) in [6, 6.07) is 1.64. The number of carbonyl (C=O) groups is 2. The molecule has 1 N–H and O–H groups in total. The van der Waals surface area contributed by atoms with Crippen LogP contribution < -0.4 is 5.32 Å². The molecule has 0 aliphatic carbocycles. The van der Waals surface area contributed by atoms with Crippen LogP contribution in [0.1, 0.15) is 19.8 Å². The molecule has 2 heterocycles. The molecule has 2 saturated heterocycles. The van der Waals surface area contributed by atoms with Crippen LogP contribution in [0.3, 0.4) is 0 Å². The lowest BCUT2D eigenvalue weighted by atomic mass is 9.90. The van der Waals surface area contributed by atoms with Crippen LogP contribution >= 0.6 is 0 Å². The summed E-state index contributed by atoms with van der Waals surface area (Å²) in [6.07, 6.45) is 1.02. The number of imide groups is 1. The van der Waals surface area contributed by atoms with Crippen LogP contribution in [-0.4, -0.2) is 42.1 Å². The fourth-order valence-electron chi connectivity index (χ4n) is 2.22. The zero-order valence-electron chi connectivity index (χ0n) is 9.73. The highest BCUT2D eigenvalue weighted by Crippen LogP contribution is 2.28. The molecule has 0 aromatic carbocycles. The molecule has 3 amide bonds. The molecule has 1 spiro atoms. The Labute approximate surface area is 99.5 Å². The first-order chi connectivity index (χ1) is 8.09. The number of hydrogen-bond acceptors (Lipinski definition) is 4. The number of nitrogens with one attached hydrogen (secondary N) is 1. The molecular formula is C11H15N3O3. The van der Waals surface area contributed by atoms with Crippen LogP contribution in [0.4, 0.5) is 4.79 Å². The Balaban J connectivity index is 2.13. The van der Waals surface area contributed by atoms with Crippen molar-refractivity contribution in [2.75, 3.05) is 19.8 Å². The van der Waals surface area contributed by atoms with Gasteiger partial charge in [-0.2, -0.15) is 5.26 Å². The predicted molar refractivity (Wildman–Crippen MR) is 57.8 cm³/mol. The zero-order chi connectivity index (χ0) is 12.5. The molecule has 0 saturated carbocycles. The van der Waals surface area contributed by atoms with E-state index >= 15 is 0 Å². The number of nitriles is 1. The van der Waals surface area contributed by atoms with Gasteiger partial charge in [-0.1, -0.05) is 0 Å². The molecule has 0 aromatic rings. The van der Waals surface area contributed by atoms with Crippen LogP contribution in [0.25, 0.3) is 0 Å². The lowest BCUT2D eigenvalue weighted by Crippen LogP contribution is -2.51. The average molecular weight is 237 g/mol. The average Bonchev–Trinajstić information content (AvgIpc) is 2.55. The van der Waals surface area contributed by atoms with E-state index in [1.54, 1.807) is 6.92 Å². The molecule has 6 heteroatoms.